The van der Waals surface area contributed by atoms with Crippen molar-refractivity contribution < 1.29 is 0 Å². The van der Waals surface area contributed by atoms with Gasteiger partial charge in [0.05, 0.1) is 6.20 Å². The van der Waals surface area contributed by atoms with E-state index in [1.54, 1.807) is 6.07 Å². The molecule has 1 aromatic rings. The van der Waals surface area contributed by atoms with Crippen molar-refractivity contribution >= 4 is 11.8 Å². The molecule has 5 nitrogen and oxygen atoms in total. The van der Waals surface area contributed by atoms with Crippen LogP contribution in [-0.4, -0.2) is 20.9 Å². The summed E-state index contributed by atoms with van der Waals surface area (Å²) in [6.07, 6.45) is 1.54. The highest BCUT2D eigenvalue weighted by atomic mass is 32.2. The summed E-state index contributed by atoms with van der Waals surface area (Å²) < 4.78 is 0. The molecule has 0 aromatic carbocycles. The van der Waals surface area contributed by atoms with E-state index in [2.05, 4.69) is 15.4 Å². The topological polar surface area (TPSA) is 90.7 Å². The van der Waals surface area contributed by atoms with Crippen LogP contribution in [0.1, 0.15) is 0 Å². The molecule has 0 spiro atoms. The number of aromatic nitrogens is 3. The lowest BCUT2D eigenvalue weighted by atomic mass is 10.7. The van der Waals surface area contributed by atoms with Crippen LogP contribution in [0.2, 0.25) is 0 Å². The van der Waals surface area contributed by atoms with Crippen LogP contribution in [0.3, 0.4) is 0 Å². The molecule has 0 unspecified atom stereocenters. The standard InChI is InChI=1S/C4H7N5S/c5-4(6)10-3-1-2-7-9-8-3/h1-2,4H,5-6H2. The number of thioether (sulfide) groups is 1. The second kappa shape index (κ2) is 3.45. The van der Waals surface area contributed by atoms with Crippen LogP contribution in [0.5, 0.6) is 0 Å². The quantitative estimate of drug-likeness (QED) is 0.430. The van der Waals surface area contributed by atoms with Gasteiger partial charge in [0.2, 0.25) is 0 Å². The van der Waals surface area contributed by atoms with E-state index in [0.717, 1.165) is 0 Å². The van der Waals surface area contributed by atoms with Crippen LogP contribution in [0.15, 0.2) is 17.3 Å². The smallest absolute Gasteiger partial charge is 0.125 e. The third-order valence-corrected chi connectivity index (χ3v) is 1.47. The largest absolute Gasteiger partial charge is 0.307 e. The molecule has 0 bridgehead atoms. The summed E-state index contributed by atoms with van der Waals surface area (Å²) in [7, 11) is 0. The minimum Gasteiger partial charge on any atom is -0.307 e. The van der Waals surface area contributed by atoms with Gasteiger partial charge in [-0.1, -0.05) is 11.8 Å². The third kappa shape index (κ3) is 2.26. The van der Waals surface area contributed by atoms with Gasteiger partial charge in [-0.25, -0.2) is 0 Å². The van der Waals surface area contributed by atoms with Crippen molar-refractivity contribution in [3.63, 3.8) is 0 Å². The summed E-state index contributed by atoms with van der Waals surface area (Å²) in [5.41, 5.74) is 10.1. The van der Waals surface area contributed by atoms with Crippen molar-refractivity contribution in [1.29, 1.82) is 0 Å². The van der Waals surface area contributed by atoms with Gasteiger partial charge in [-0.15, -0.1) is 10.2 Å². The van der Waals surface area contributed by atoms with E-state index in [0.29, 0.717) is 5.03 Å². The number of hydrogen-bond acceptors (Lipinski definition) is 6. The fraction of sp³-hybridized carbons (Fsp3) is 0.250. The van der Waals surface area contributed by atoms with E-state index < -0.39 is 5.50 Å². The molecule has 1 heterocycles. The number of nitrogens with two attached hydrogens (primary N) is 2. The van der Waals surface area contributed by atoms with Gasteiger partial charge < -0.3 is 11.5 Å². The van der Waals surface area contributed by atoms with E-state index >= 15 is 0 Å². The zero-order valence-electron chi connectivity index (χ0n) is 5.14. The van der Waals surface area contributed by atoms with Crippen LogP contribution in [0.25, 0.3) is 0 Å². The fourth-order valence-corrected chi connectivity index (χ4v) is 0.934. The lowest BCUT2D eigenvalue weighted by Gasteiger charge is -2.00. The van der Waals surface area contributed by atoms with Crippen LogP contribution < -0.4 is 11.5 Å². The predicted octanol–water partition coefficient (Wildman–Crippen LogP) is -0.835. The first-order chi connectivity index (χ1) is 4.79. The molecule has 4 N–H and O–H groups in total. The molecule has 1 rings (SSSR count). The van der Waals surface area contributed by atoms with E-state index in [1.807, 2.05) is 0 Å². The Bertz CT molecular complexity index is 188. The van der Waals surface area contributed by atoms with Gasteiger partial charge in [0.1, 0.15) is 10.5 Å². The maximum Gasteiger partial charge on any atom is 0.125 e. The van der Waals surface area contributed by atoms with Gasteiger partial charge in [0.25, 0.3) is 0 Å². The first kappa shape index (κ1) is 7.39. The molecular weight excluding hydrogens is 150 g/mol. The molecule has 0 radical (unpaired) electrons. The molecule has 0 aliphatic heterocycles. The summed E-state index contributed by atoms with van der Waals surface area (Å²) in [4.78, 5) is 0. The van der Waals surface area contributed by atoms with E-state index in [1.165, 1.54) is 18.0 Å². The molecule has 54 valence electrons. The van der Waals surface area contributed by atoms with Gasteiger partial charge in [-0.3, -0.25) is 0 Å². The first-order valence-corrected chi connectivity index (χ1v) is 3.49. The van der Waals surface area contributed by atoms with Gasteiger partial charge in [0, 0.05) is 0 Å². The van der Waals surface area contributed by atoms with Crippen molar-refractivity contribution in [2.45, 2.75) is 10.5 Å². The highest BCUT2D eigenvalue weighted by Gasteiger charge is 1.98. The van der Waals surface area contributed by atoms with E-state index in [-0.39, 0.29) is 0 Å². The minimum absolute atomic E-state index is 0.448. The summed E-state index contributed by atoms with van der Waals surface area (Å²) in [5, 5.41) is 11.2. The highest BCUT2D eigenvalue weighted by molar-refractivity contribution is 7.99. The summed E-state index contributed by atoms with van der Waals surface area (Å²) >= 11 is 1.24. The number of nitrogens with zero attached hydrogens (tertiary/aromatic N) is 3. The second-order valence-corrected chi connectivity index (χ2v) is 2.74. The van der Waals surface area contributed by atoms with Crippen LogP contribution in [0, 0.1) is 0 Å². The summed E-state index contributed by atoms with van der Waals surface area (Å²) in [6.45, 7) is 0. The fourth-order valence-electron chi connectivity index (χ4n) is 0.432. The predicted molar refractivity (Wildman–Crippen MR) is 37.8 cm³/mol. The molecule has 0 fully saturated rings. The van der Waals surface area contributed by atoms with Crippen molar-refractivity contribution in [2.75, 3.05) is 0 Å². The van der Waals surface area contributed by atoms with E-state index in [4.69, 9.17) is 11.5 Å². The average molecular weight is 157 g/mol. The molecular formula is C4H7N5S. The summed E-state index contributed by atoms with van der Waals surface area (Å²) in [6, 6.07) is 1.70. The third-order valence-electron chi connectivity index (χ3n) is 0.736. The second-order valence-electron chi connectivity index (χ2n) is 1.54. The Morgan fingerprint density at radius 3 is 2.80 bits per heavy atom. The highest BCUT2D eigenvalue weighted by Crippen LogP contribution is 2.11. The van der Waals surface area contributed by atoms with Gasteiger partial charge in [0.15, 0.2) is 0 Å². The molecule has 6 heteroatoms. The first-order valence-electron chi connectivity index (χ1n) is 2.61. The van der Waals surface area contributed by atoms with Crippen molar-refractivity contribution in [1.82, 2.24) is 15.4 Å². The van der Waals surface area contributed by atoms with Crippen molar-refractivity contribution in [3.8, 4) is 0 Å². The Morgan fingerprint density at radius 1 is 1.50 bits per heavy atom. The van der Waals surface area contributed by atoms with Crippen LogP contribution >= 0.6 is 11.8 Å². The van der Waals surface area contributed by atoms with Gasteiger partial charge in [-0.05, 0) is 11.3 Å². The Hall–Kier alpha value is -0.720. The number of rotatable bonds is 2. The molecule has 0 saturated carbocycles. The lowest BCUT2D eigenvalue weighted by molar-refractivity contribution is 0.800. The number of hydrogen-bond donors (Lipinski definition) is 2. The van der Waals surface area contributed by atoms with Gasteiger partial charge >= 0.3 is 0 Å². The zero-order chi connectivity index (χ0) is 7.40. The molecule has 10 heavy (non-hydrogen) atoms. The average Bonchev–Trinajstić information content (AvgIpc) is 1.88. The van der Waals surface area contributed by atoms with Crippen LogP contribution in [0.4, 0.5) is 0 Å². The maximum atomic E-state index is 5.28. The van der Waals surface area contributed by atoms with Crippen molar-refractivity contribution in [3.05, 3.63) is 12.3 Å². The van der Waals surface area contributed by atoms with Crippen molar-refractivity contribution in [2.24, 2.45) is 11.5 Å². The maximum absolute atomic E-state index is 5.28. The Morgan fingerprint density at radius 2 is 2.30 bits per heavy atom. The monoisotopic (exact) mass is 157 g/mol. The molecule has 0 amide bonds. The molecule has 0 aliphatic rings. The van der Waals surface area contributed by atoms with Gasteiger partial charge in [-0.2, -0.15) is 0 Å². The molecule has 0 aliphatic carbocycles. The SMILES string of the molecule is NC(N)Sc1ccnnn1. The minimum atomic E-state index is -0.448. The normalized spacial score (nSPS) is 10.3. The lowest BCUT2D eigenvalue weighted by Crippen LogP contribution is -2.26. The molecule has 0 atom stereocenters. The Kier molecular flexibility index (Phi) is 2.55. The molecule has 1 aromatic heterocycles. The Balaban J connectivity index is 2.59. The zero-order valence-corrected chi connectivity index (χ0v) is 5.95. The van der Waals surface area contributed by atoms with E-state index in [9.17, 15) is 0 Å². The summed E-state index contributed by atoms with van der Waals surface area (Å²) in [5.74, 6) is 0. The van der Waals surface area contributed by atoms with Crippen LogP contribution in [-0.2, 0) is 0 Å². The molecule has 0 saturated heterocycles. The Labute approximate surface area is 62.2 Å².